The van der Waals surface area contributed by atoms with Crippen molar-refractivity contribution in [2.45, 2.75) is 13.3 Å². The van der Waals surface area contributed by atoms with Crippen LogP contribution in [0.2, 0.25) is 0 Å². The number of carbonyl (C=O) groups is 1. The predicted molar refractivity (Wildman–Crippen MR) is 81.0 cm³/mol. The standard InChI is InChI=1S/C16H16N2O2/c1-2-9-17-16(19)18-11-7-8-13-12-5-3-4-6-14(12)20-15(13)10-11/h3-8,10H,2,9H2,1H3,(H2,17,18,19). The molecule has 0 saturated carbocycles. The summed E-state index contributed by atoms with van der Waals surface area (Å²) >= 11 is 0. The number of nitrogens with one attached hydrogen (secondary N) is 2. The van der Waals surface area contributed by atoms with Crippen molar-refractivity contribution >= 4 is 33.7 Å². The van der Waals surface area contributed by atoms with Crippen LogP contribution in [0.1, 0.15) is 13.3 Å². The minimum atomic E-state index is -0.192. The van der Waals surface area contributed by atoms with Gasteiger partial charge in [-0.3, -0.25) is 0 Å². The van der Waals surface area contributed by atoms with E-state index in [0.717, 1.165) is 34.0 Å². The fraction of sp³-hybridized carbons (Fsp3) is 0.188. The molecule has 0 unspecified atom stereocenters. The Morgan fingerprint density at radius 2 is 1.90 bits per heavy atom. The van der Waals surface area contributed by atoms with Crippen molar-refractivity contribution in [1.82, 2.24) is 5.32 Å². The smallest absolute Gasteiger partial charge is 0.319 e. The van der Waals surface area contributed by atoms with Crippen molar-refractivity contribution in [2.75, 3.05) is 11.9 Å². The number of furan rings is 1. The van der Waals surface area contributed by atoms with E-state index in [1.165, 1.54) is 0 Å². The molecule has 1 aromatic heterocycles. The number of urea groups is 1. The molecule has 2 amide bonds. The first-order chi connectivity index (χ1) is 9.78. The number of hydrogen-bond donors (Lipinski definition) is 2. The molecule has 2 aromatic carbocycles. The number of fused-ring (bicyclic) bond motifs is 3. The Labute approximate surface area is 116 Å². The van der Waals surface area contributed by atoms with Crippen molar-refractivity contribution in [1.29, 1.82) is 0 Å². The summed E-state index contributed by atoms with van der Waals surface area (Å²) in [4.78, 5) is 11.6. The minimum absolute atomic E-state index is 0.192. The molecule has 0 saturated heterocycles. The molecule has 0 aliphatic carbocycles. The summed E-state index contributed by atoms with van der Waals surface area (Å²) in [6, 6.07) is 13.4. The Kier molecular flexibility index (Phi) is 3.29. The van der Waals surface area contributed by atoms with Gasteiger partial charge in [-0.15, -0.1) is 0 Å². The summed E-state index contributed by atoms with van der Waals surface area (Å²) < 4.78 is 5.78. The Balaban J connectivity index is 1.91. The van der Waals surface area contributed by atoms with E-state index in [4.69, 9.17) is 4.42 Å². The van der Waals surface area contributed by atoms with Crippen molar-refractivity contribution in [3.8, 4) is 0 Å². The monoisotopic (exact) mass is 268 g/mol. The van der Waals surface area contributed by atoms with Gasteiger partial charge in [0.15, 0.2) is 0 Å². The maximum absolute atomic E-state index is 11.6. The van der Waals surface area contributed by atoms with E-state index in [0.29, 0.717) is 6.54 Å². The Morgan fingerprint density at radius 3 is 2.75 bits per heavy atom. The minimum Gasteiger partial charge on any atom is -0.456 e. The highest BCUT2D eigenvalue weighted by Gasteiger charge is 2.07. The molecule has 20 heavy (non-hydrogen) atoms. The molecule has 0 radical (unpaired) electrons. The van der Waals surface area contributed by atoms with Crippen LogP contribution in [0.25, 0.3) is 21.9 Å². The Bertz CT molecular complexity index is 761. The van der Waals surface area contributed by atoms with Gasteiger partial charge in [-0.05, 0) is 24.6 Å². The molecule has 0 bridgehead atoms. The second-order valence-corrected chi connectivity index (χ2v) is 4.69. The molecule has 4 nitrogen and oxygen atoms in total. The zero-order valence-electron chi connectivity index (χ0n) is 11.3. The zero-order valence-corrected chi connectivity index (χ0v) is 11.3. The summed E-state index contributed by atoms with van der Waals surface area (Å²) in [5, 5.41) is 7.72. The quantitative estimate of drug-likeness (QED) is 0.750. The normalized spacial score (nSPS) is 10.8. The maximum Gasteiger partial charge on any atom is 0.319 e. The van der Waals surface area contributed by atoms with Gasteiger partial charge in [0, 0.05) is 29.1 Å². The largest absolute Gasteiger partial charge is 0.456 e. The summed E-state index contributed by atoms with van der Waals surface area (Å²) in [5.41, 5.74) is 2.36. The molecule has 0 atom stereocenters. The van der Waals surface area contributed by atoms with Crippen LogP contribution in [-0.2, 0) is 0 Å². The van der Waals surface area contributed by atoms with Crippen LogP contribution in [-0.4, -0.2) is 12.6 Å². The van der Waals surface area contributed by atoms with Gasteiger partial charge >= 0.3 is 6.03 Å². The third kappa shape index (κ3) is 2.32. The van der Waals surface area contributed by atoms with Crippen LogP contribution in [0.15, 0.2) is 46.9 Å². The summed E-state index contributed by atoms with van der Waals surface area (Å²) in [5.74, 6) is 0. The molecule has 0 fully saturated rings. The number of benzene rings is 2. The fourth-order valence-electron chi connectivity index (χ4n) is 2.22. The molecule has 1 heterocycles. The number of carbonyl (C=O) groups excluding carboxylic acids is 1. The van der Waals surface area contributed by atoms with Crippen molar-refractivity contribution < 1.29 is 9.21 Å². The summed E-state index contributed by atoms with van der Waals surface area (Å²) in [6.07, 6.45) is 0.913. The van der Waals surface area contributed by atoms with Crippen molar-refractivity contribution in [3.05, 3.63) is 42.5 Å². The van der Waals surface area contributed by atoms with Crippen LogP contribution in [0.5, 0.6) is 0 Å². The van der Waals surface area contributed by atoms with Crippen molar-refractivity contribution in [2.24, 2.45) is 0 Å². The lowest BCUT2D eigenvalue weighted by Crippen LogP contribution is -2.29. The molecular formula is C16H16N2O2. The van der Waals surface area contributed by atoms with Gasteiger partial charge in [0.25, 0.3) is 0 Å². The third-order valence-electron chi connectivity index (χ3n) is 3.17. The van der Waals surface area contributed by atoms with Crippen molar-refractivity contribution in [3.63, 3.8) is 0 Å². The lowest BCUT2D eigenvalue weighted by atomic mass is 10.1. The second-order valence-electron chi connectivity index (χ2n) is 4.69. The molecule has 3 aromatic rings. The van der Waals surface area contributed by atoms with E-state index < -0.39 is 0 Å². The van der Waals surface area contributed by atoms with Gasteiger partial charge in [-0.25, -0.2) is 4.79 Å². The number of para-hydroxylation sites is 1. The average Bonchev–Trinajstić information content (AvgIpc) is 2.82. The average molecular weight is 268 g/mol. The number of rotatable bonds is 3. The van der Waals surface area contributed by atoms with E-state index in [1.54, 1.807) is 0 Å². The topological polar surface area (TPSA) is 54.3 Å². The number of anilines is 1. The number of hydrogen-bond acceptors (Lipinski definition) is 2. The second kappa shape index (κ2) is 5.25. The third-order valence-corrected chi connectivity index (χ3v) is 3.17. The van der Waals surface area contributed by atoms with Gasteiger partial charge < -0.3 is 15.1 Å². The summed E-state index contributed by atoms with van der Waals surface area (Å²) in [6.45, 7) is 2.68. The van der Waals surface area contributed by atoms with Crippen LogP contribution < -0.4 is 10.6 Å². The molecule has 102 valence electrons. The molecule has 3 rings (SSSR count). The van der Waals surface area contributed by atoms with Crippen LogP contribution in [0, 0.1) is 0 Å². The Morgan fingerprint density at radius 1 is 1.10 bits per heavy atom. The van der Waals surface area contributed by atoms with Crippen LogP contribution >= 0.6 is 0 Å². The molecular weight excluding hydrogens is 252 g/mol. The maximum atomic E-state index is 11.6. The van der Waals surface area contributed by atoms with Gasteiger partial charge in [-0.1, -0.05) is 25.1 Å². The molecule has 0 aliphatic rings. The predicted octanol–water partition coefficient (Wildman–Crippen LogP) is 4.12. The van der Waals surface area contributed by atoms with E-state index in [1.807, 2.05) is 49.4 Å². The van der Waals surface area contributed by atoms with Crippen LogP contribution in [0.3, 0.4) is 0 Å². The van der Waals surface area contributed by atoms with E-state index in [9.17, 15) is 4.79 Å². The summed E-state index contributed by atoms with van der Waals surface area (Å²) in [7, 11) is 0. The first-order valence-corrected chi connectivity index (χ1v) is 6.74. The Hall–Kier alpha value is -2.49. The molecule has 2 N–H and O–H groups in total. The van der Waals surface area contributed by atoms with Crippen LogP contribution in [0.4, 0.5) is 10.5 Å². The lowest BCUT2D eigenvalue weighted by Gasteiger charge is -2.06. The highest BCUT2D eigenvalue weighted by atomic mass is 16.3. The highest BCUT2D eigenvalue weighted by Crippen LogP contribution is 2.30. The first-order valence-electron chi connectivity index (χ1n) is 6.74. The highest BCUT2D eigenvalue weighted by molar-refractivity contribution is 6.06. The zero-order chi connectivity index (χ0) is 13.9. The fourth-order valence-corrected chi connectivity index (χ4v) is 2.22. The van der Waals surface area contributed by atoms with Gasteiger partial charge in [0.2, 0.25) is 0 Å². The molecule has 4 heteroatoms. The molecule has 0 spiro atoms. The lowest BCUT2D eigenvalue weighted by molar-refractivity contribution is 0.252. The SMILES string of the molecule is CCCNC(=O)Nc1ccc2c(c1)oc1ccccc12. The van der Waals surface area contributed by atoms with Gasteiger partial charge in [-0.2, -0.15) is 0 Å². The number of amides is 2. The first kappa shape index (κ1) is 12.5. The van der Waals surface area contributed by atoms with Gasteiger partial charge in [0.05, 0.1) is 0 Å². The van der Waals surface area contributed by atoms with Gasteiger partial charge in [0.1, 0.15) is 11.2 Å². The van der Waals surface area contributed by atoms with E-state index in [2.05, 4.69) is 10.6 Å². The molecule has 0 aliphatic heterocycles. The van der Waals surface area contributed by atoms with E-state index >= 15 is 0 Å². The van der Waals surface area contributed by atoms with E-state index in [-0.39, 0.29) is 6.03 Å².